The molecule has 0 fully saturated rings. The van der Waals surface area contributed by atoms with Gasteiger partial charge >= 0.3 is 10.1 Å². The van der Waals surface area contributed by atoms with E-state index >= 15 is 0 Å². The van der Waals surface area contributed by atoms with Gasteiger partial charge in [-0.15, -0.1) is 0 Å². The maximum Gasteiger partial charge on any atom is 0.338 e. The molecule has 0 aromatic heterocycles. The molecule has 4 nitrogen and oxygen atoms in total. The molecule has 1 aromatic carbocycles. The maximum atomic E-state index is 12.0. The molecule has 0 amide bonds. The van der Waals surface area contributed by atoms with Gasteiger partial charge in [-0.25, -0.2) is 0 Å². The van der Waals surface area contributed by atoms with Crippen molar-refractivity contribution in [1.29, 1.82) is 0 Å². The fourth-order valence-electron chi connectivity index (χ4n) is 1.37. The van der Waals surface area contributed by atoms with Gasteiger partial charge in [0.25, 0.3) is 0 Å². The lowest BCUT2D eigenvalue weighted by atomic mass is 10.2. The van der Waals surface area contributed by atoms with Gasteiger partial charge in [0.1, 0.15) is 10.7 Å². The molecule has 5 heteroatoms. The Bertz CT molecular complexity index is 563. The molecule has 0 saturated heterocycles. The van der Waals surface area contributed by atoms with Gasteiger partial charge in [-0.05, 0) is 52.8 Å². The lowest BCUT2D eigenvalue weighted by Gasteiger charge is -2.18. The molecule has 20 heavy (non-hydrogen) atoms. The van der Waals surface area contributed by atoms with Gasteiger partial charge in [0.15, 0.2) is 0 Å². The van der Waals surface area contributed by atoms with Gasteiger partial charge in [-0.2, -0.15) is 8.42 Å². The number of allylic oxidation sites excluding steroid dienone is 1. The summed E-state index contributed by atoms with van der Waals surface area (Å²) in [4.78, 5) is 0.146. The van der Waals surface area contributed by atoms with E-state index in [4.69, 9.17) is 8.92 Å². The first-order chi connectivity index (χ1) is 9.10. The Morgan fingerprint density at radius 2 is 1.75 bits per heavy atom. The molecule has 0 radical (unpaired) electrons. The molecule has 0 aliphatic rings. The molecule has 0 bridgehead atoms. The highest BCUT2D eigenvalue weighted by atomic mass is 32.2. The molecular formula is C15H22O4S. The molecule has 0 aliphatic carbocycles. The largest absolute Gasteiger partial charge is 0.384 e. The van der Waals surface area contributed by atoms with Gasteiger partial charge in [-0.1, -0.05) is 17.7 Å². The summed E-state index contributed by atoms with van der Waals surface area (Å²) in [5.41, 5.74) is 0.724. The first-order valence-corrected chi connectivity index (χ1v) is 7.83. The monoisotopic (exact) mass is 298 g/mol. The lowest BCUT2D eigenvalue weighted by Crippen LogP contribution is -2.19. The normalized spacial score (nSPS) is 13.3. The highest BCUT2D eigenvalue weighted by Gasteiger charge is 2.16. The minimum Gasteiger partial charge on any atom is -0.384 e. The van der Waals surface area contributed by atoms with Crippen molar-refractivity contribution in [2.45, 2.75) is 45.1 Å². The Morgan fingerprint density at radius 1 is 1.20 bits per heavy atom. The molecule has 0 N–H and O–H groups in total. The lowest BCUT2D eigenvalue weighted by molar-refractivity contribution is 0.0142. The Hall–Kier alpha value is -1.33. The van der Waals surface area contributed by atoms with Crippen molar-refractivity contribution in [3.05, 3.63) is 41.7 Å². The third-order valence-corrected chi connectivity index (χ3v) is 3.77. The van der Waals surface area contributed by atoms with Crippen LogP contribution in [0.15, 0.2) is 41.0 Å². The van der Waals surface area contributed by atoms with E-state index in [1.54, 1.807) is 25.1 Å². The molecule has 0 aliphatic heterocycles. The maximum absolute atomic E-state index is 12.0. The SMILES string of the molecule is C/C(=C\COC(C)(C)C)OS(=O)(=O)c1ccc(C)cc1. The molecular weight excluding hydrogens is 276 g/mol. The second-order valence-electron chi connectivity index (χ2n) is 5.59. The zero-order valence-corrected chi connectivity index (χ0v) is 13.5. The van der Waals surface area contributed by atoms with Crippen molar-refractivity contribution in [2.75, 3.05) is 6.61 Å². The van der Waals surface area contributed by atoms with Gasteiger partial charge in [0.05, 0.1) is 12.2 Å². The Kier molecular flexibility index (Phi) is 5.36. The molecule has 0 atom stereocenters. The predicted octanol–water partition coefficient (Wildman–Crippen LogP) is 3.42. The molecule has 1 rings (SSSR count). The standard InChI is InChI=1S/C15H22O4S/c1-12-6-8-14(9-7-12)20(16,17)19-13(2)10-11-18-15(3,4)5/h6-10H,11H2,1-5H3/b13-10+. The number of rotatable bonds is 5. The summed E-state index contributed by atoms with van der Waals surface area (Å²) in [6, 6.07) is 6.53. The van der Waals surface area contributed by atoms with Crippen LogP contribution in [0.1, 0.15) is 33.3 Å². The Morgan fingerprint density at radius 3 is 2.25 bits per heavy atom. The first kappa shape index (κ1) is 16.7. The van der Waals surface area contributed by atoms with E-state index in [0.29, 0.717) is 12.4 Å². The van der Waals surface area contributed by atoms with Crippen LogP contribution in [0.4, 0.5) is 0 Å². The van der Waals surface area contributed by atoms with Crippen molar-refractivity contribution < 1.29 is 17.3 Å². The summed E-state index contributed by atoms with van der Waals surface area (Å²) >= 11 is 0. The predicted molar refractivity (Wildman–Crippen MR) is 78.9 cm³/mol. The molecule has 112 valence electrons. The molecule has 0 heterocycles. The van der Waals surface area contributed by atoms with Crippen molar-refractivity contribution in [1.82, 2.24) is 0 Å². The quantitative estimate of drug-likeness (QED) is 0.617. The van der Waals surface area contributed by atoms with E-state index in [0.717, 1.165) is 5.56 Å². The number of ether oxygens (including phenoxy) is 1. The third-order valence-electron chi connectivity index (χ3n) is 2.44. The first-order valence-electron chi connectivity index (χ1n) is 6.42. The number of hydrogen-bond donors (Lipinski definition) is 0. The summed E-state index contributed by atoms with van der Waals surface area (Å²) < 4.78 is 34.5. The van der Waals surface area contributed by atoms with Crippen molar-refractivity contribution in [3.63, 3.8) is 0 Å². The fraction of sp³-hybridized carbons (Fsp3) is 0.467. The topological polar surface area (TPSA) is 52.6 Å². The molecule has 1 aromatic rings. The highest BCUT2D eigenvalue weighted by molar-refractivity contribution is 7.86. The van der Waals surface area contributed by atoms with Crippen molar-refractivity contribution in [2.24, 2.45) is 0 Å². The zero-order chi connectivity index (χ0) is 15.4. The number of aryl methyl sites for hydroxylation is 1. The summed E-state index contributed by atoms with van der Waals surface area (Å²) in [6.07, 6.45) is 1.61. The summed E-state index contributed by atoms with van der Waals surface area (Å²) in [5, 5.41) is 0. The van der Waals surface area contributed by atoms with Crippen LogP contribution in [0.25, 0.3) is 0 Å². The molecule has 0 saturated carbocycles. The Balaban J connectivity index is 2.71. The second-order valence-corrected chi connectivity index (χ2v) is 7.13. The third kappa shape index (κ3) is 5.75. The molecule has 0 unspecified atom stereocenters. The summed E-state index contributed by atoms with van der Waals surface area (Å²) in [6.45, 7) is 9.59. The average molecular weight is 298 g/mol. The molecule has 0 spiro atoms. The number of benzene rings is 1. The van der Waals surface area contributed by atoms with E-state index in [1.807, 2.05) is 27.7 Å². The van der Waals surface area contributed by atoms with E-state index in [1.165, 1.54) is 12.1 Å². The minimum absolute atomic E-state index is 0.146. The van der Waals surface area contributed by atoms with Gasteiger partial charge < -0.3 is 8.92 Å². The van der Waals surface area contributed by atoms with Crippen LogP contribution < -0.4 is 0 Å². The van der Waals surface area contributed by atoms with E-state index in [-0.39, 0.29) is 10.5 Å². The summed E-state index contributed by atoms with van der Waals surface area (Å²) in [5.74, 6) is 0.301. The fourth-order valence-corrected chi connectivity index (χ4v) is 2.35. The van der Waals surface area contributed by atoms with Crippen LogP contribution in [0.3, 0.4) is 0 Å². The average Bonchev–Trinajstić information content (AvgIpc) is 2.26. The second kappa shape index (κ2) is 6.41. The number of hydrogen-bond acceptors (Lipinski definition) is 4. The smallest absolute Gasteiger partial charge is 0.338 e. The summed E-state index contributed by atoms with van der Waals surface area (Å²) in [7, 11) is -3.77. The van der Waals surface area contributed by atoms with Gasteiger partial charge in [-0.3, -0.25) is 0 Å². The van der Waals surface area contributed by atoms with Crippen LogP contribution >= 0.6 is 0 Å². The zero-order valence-electron chi connectivity index (χ0n) is 12.6. The van der Waals surface area contributed by atoms with E-state index in [9.17, 15) is 8.42 Å². The van der Waals surface area contributed by atoms with Gasteiger partial charge in [0, 0.05) is 0 Å². The van der Waals surface area contributed by atoms with Crippen molar-refractivity contribution in [3.8, 4) is 0 Å². The van der Waals surface area contributed by atoms with Crippen LogP contribution in [-0.4, -0.2) is 20.6 Å². The van der Waals surface area contributed by atoms with E-state index in [2.05, 4.69) is 0 Å². The van der Waals surface area contributed by atoms with Crippen LogP contribution in [0.2, 0.25) is 0 Å². The van der Waals surface area contributed by atoms with Crippen LogP contribution in [-0.2, 0) is 19.0 Å². The van der Waals surface area contributed by atoms with Crippen LogP contribution in [0.5, 0.6) is 0 Å². The Labute approximate surface area is 121 Å². The highest BCUT2D eigenvalue weighted by Crippen LogP contribution is 2.16. The van der Waals surface area contributed by atoms with E-state index < -0.39 is 10.1 Å². The van der Waals surface area contributed by atoms with Crippen LogP contribution in [0, 0.1) is 6.92 Å². The van der Waals surface area contributed by atoms with Crippen molar-refractivity contribution >= 4 is 10.1 Å². The van der Waals surface area contributed by atoms with Gasteiger partial charge in [0.2, 0.25) is 0 Å². The minimum atomic E-state index is -3.77.